The molecule has 1 aromatic carbocycles. The quantitative estimate of drug-likeness (QED) is 0.531. The maximum absolute atomic E-state index is 9.79. The minimum atomic E-state index is -3.67. The zero-order valence-electron chi connectivity index (χ0n) is 8.29. The highest BCUT2D eigenvalue weighted by molar-refractivity contribution is 7.85. The lowest BCUT2D eigenvalue weighted by Gasteiger charge is -1.91. The molecule has 15 heavy (non-hydrogen) atoms. The summed E-state index contributed by atoms with van der Waals surface area (Å²) in [6.07, 6.45) is 0.471. The highest BCUT2D eigenvalue weighted by atomic mass is 32.2. The van der Waals surface area contributed by atoms with Crippen LogP contribution in [-0.2, 0) is 10.1 Å². The van der Waals surface area contributed by atoms with Crippen LogP contribution in [0.2, 0.25) is 0 Å². The summed E-state index contributed by atoms with van der Waals surface area (Å²) >= 11 is 0. The van der Waals surface area contributed by atoms with Crippen molar-refractivity contribution < 1.29 is 23.2 Å². The molecular formula is C9H14O5S. The largest absolute Gasteiger partial charge is 0.504 e. The Hall–Kier alpha value is -1.27. The van der Waals surface area contributed by atoms with Gasteiger partial charge >= 0.3 is 0 Å². The molecule has 0 saturated heterocycles. The van der Waals surface area contributed by atoms with E-state index in [1.54, 1.807) is 19.1 Å². The molecule has 0 radical (unpaired) electrons. The van der Waals surface area contributed by atoms with Crippen molar-refractivity contribution in [2.75, 3.05) is 5.75 Å². The van der Waals surface area contributed by atoms with Crippen LogP contribution >= 0.6 is 0 Å². The van der Waals surface area contributed by atoms with E-state index in [1.807, 2.05) is 0 Å². The van der Waals surface area contributed by atoms with E-state index >= 15 is 0 Å². The first-order valence-electron chi connectivity index (χ1n) is 4.29. The fraction of sp³-hybridized carbons (Fsp3) is 0.333. The number of phenols is 2. The van der Waals surface area contributed by atoms with Crippen LogP contribution in [0.15, 0.2) is 24.3 Å². The monoisotopic (exact) mass is 234 g/mol. The van der Waals surface area contributed by atoms with E-state index in [-0.39, 0.29) is 17.3 Å². The van der Waals surface area contributed by atoms with Crippen molar-refractivity contribution in [3.63, 3.8) is 0 Å². The highest BCUT2D eigenvalue weighted by Gasteiger charge is 1.98. The Morgan fingerprint density at radius 3 is 1.67 bits per heavy atom. The standard InChI is InChI=1S/C6H6O2.C3H8O3S/c7-5-3-1-2-4-6(5)8;1-2-3-7(4,5)6/h1-4,7-8H;2-3H2,1H3,(H,4,5,6). The maximum atomic E-state index is 9.79. The van der Waals surface area contributed by atoms with E-state index in [9.17, 15) is 8.42 Å². The predicted molar refractivity (Wildman–Crippen MR) is 56.5 cm³/mol. The Labute approximate surface area is 88.7 Å². The van der Waals surface area contributed by atoms with Gasteiger partial charge in [0.2, 0.25) is 0 Å². The van der Waals surface area contributed by atoms with Crippen molar-refractivity contribution in [2.24, 2.45) is 0 Å². The van der Waals surface area contributed by atoms with Crippen LogP contribution in [0.4, 0.5) is 0 Å². The third kappa shape index (κ3) is 7.77. The lowest BCUT2D eigenvalue weighted by molar-refractivity contribution is 0.404. The van der Waals surface area contributed by atoms with Crippen LogP contribution in [-0.4, -0.2) is 28.9 Å². The summed E-state index contributed by atoms with van der Waals surface area (Å²) in [6, 6.07) is 6.15. The molecule has 0 aliphatic heterocycles. The Bertz CT molecular complexity index is 364. The summed E-state index contributed by atoms with van der Waals surface area (Å²) in [4.78, 5) is 0. The number of rotatable bonds is 2. The Kier molecular flexibility index (Phi) is 5.73. The predicted octanol–water partition coefficient (Wildman–Crippen LogP) is 1.38. The van der Waals surface area contributed by atoms with Gasteiger partial charge in [-0.25, -0.2) is 0 Å². The number of benzene rings is 1. The van der Waals surface area contributed by atoms with Gasteiger partial charge in [-0.15, -0.1) is 0 Å². The molecular weight excluding hydrogens is 220 g/mol. The molecule has 0 aromatic heterocycles. The molecule has 1 aromatic rings. The van der Waals surface area contributed by atoms with Gasteiger partial charge in [-0.2, -0.15) is 8.42 Å². The van der Waals surface area contributed by atoms with Crippen molar-refractivity contribution >= 4 is 10.1 Å². The van der Waals surface area contributed by atoms with Gasteiger partial charge in [0.05, 0.1) is 5.75 Å². The van der Waals surface area contributed by atoms with E-state index in [0.717, 1.165) is 0 Å². The van der Waals surface area contributed by atoms with Gasteiger partial charge in [0.15, 0.2) is 11.5 Å². The number of hydrogen-bond acceptors (Lipinski definition) is 4. The van der Waals surface area contributed by atoms with Gasteiger partial charge < -0.3 is 10.2 Å². The van der Waals surface area contributed by atoms with Gasteiger partial charge in [0.1, 0.15) is 0 Å². The van der Waals surface area contributed by atoms with Crippen LogP contribution in [0, 0.1) is 0 Å². The van der Waals surface area contributed by atoms with Gasteiger partial charge in [-0.05, 0) is 18.6 Å². The van der Waals surface area contributed by atoms with Gasteiger partial charge in [-0.3, -0.25) is 4.55 Å². The van der Waals surface area contributed by atoms with Crippen LogP contribution in [0.5, 0.6) is 11.5 Å². The fourth-order valence-corrected chi connectivity index (χ4v) is 1.24. The van der Waals surface area contributed by atoms with Gasteiger partial charge in [0, 0.05) is 0 Å². The van der Waals surface area contributed by atoms with Crippen molar-refractivity contribution in [1.82, 2.24) is 0 Å². The van der Waals surface area contributed by atoms with E-state index in [0.29, 0.717) is 6.42 Å². The molecule has 0 spiro atoms. The van der Waals surface area contributed by atoms with E-state index in [1.165, 1.54) is 12.1 Å². The molecule has 0 atom stereocenters. The van der Waals surface area contributed by atoms with E-state index in [2.05, 4.69) is 0 Å². The van der Waals surface area contributed by atoms with Crippen LogP contribution in [0.3, 0.4) is 0 Å². The molecule has 86 valence electrons. The molecule has 0 aliphatic rings. The SMILES string of the molecule is CCCS(=O)(=O)O.Oc1ccccc1O. The average molecular weight is 234 g/mol. The molecule has 0 fully saturated rings. The minimum Gasteiger partial charge on any atom is -0.504 e. The first-order chi connectivity index (χ1) is 6.87. The van der Waals surface area contributed by atoms with E-state index in [4.69, 9.17) is 14.8 Å². The van der Waals surface area contributed by atoms with Crippen molar-refractivity contribution in [2.45, 2.75) is 13.3 Å². The van der Waals surface area contributed by atoms with Crippen molar-refractivity contribution in [3.8, 4) is 11.5 Å². The molecule has 6 heteroatoms. The maximum Gasteiger partial charge on any atom is 0.264 e. The third-order valence-corrected chi connectivity index (χ3v) is 2.27. The number of para-hydroxylation sites is 2. The van der Waals surface area contributed by atoms with Crippen molar-refractivity contribution in [1.29, 1.82) is 0 Å². The summed E-state index contributed by atoms with van der Waals surface area (Å²) in [5.41, 5.74) is 0. The number of phenolic OH excluding ortho intramolecular Hbond substituents is 2. The van der Waals surface area contributed by atoms with E-state index < -0.39 is 10.1 Å². The minimum absolute atomic E-state index is 0.0764. The van der Waals surface area contributed by atoms with Crippen LogP contribution in [0.1, 0.15) is 13.3 Å². The highest BCUT2D eigenvalue weighted by Crippen LogP contribution is 2.21. The molecule has 0 amide bonds. The molecule has 3 N–H and O–H groups in total. The molecule has 1 rings (SSSR count). The smallest absolute Gasteiger partial charge is 0.264 e. The summed E-state index contributed by atoms with van der Waals surface area (Å²) in [5, 5.41) is 17.3. The summed E-state index contributed by atoms with van der Waals surface area (Å²) in [6.45, 7) is 1.69. The molecule has 0 unspecified atom stereocenters. The first-order valence-corrected chi connectivity index (χ1v) is 5.90. The van der Waals surface area contributed by atoms with Crippen molar-refractivity contribution in [3.05, 3.63) is 24.3 Å². The zero-order chi connectivity index (χ0) is 11.9. The second-order valence-electron chi connectivity index (χ2n) is 2.77. The fourth-order valence-electron chi connectivity index (χ4n) is 0.722. The third-order valence-electron chi connectivity index (χ3n) is 1.34. The Balaban J connectivity index is 0.000000265. The number of aromatic hydroxyl groups is 2. The van der Waals surface area contributed by atoms with Gasteiger partial charge in [-0.1, -0.05) is 19.1 Å². The molecule has 0 aliphatic carbocycles. The van der Waals surface area contributed by atoms with Crippen LogP contribution in [0.25, 0.3) is 0 Å². The Morgan fingerprint density at radius 1 is 1.13 bits per heavy atom. The molecule has 5 nitrogen and oxygen atoms in total. The molecule has 0 heterocycles. The van der Waals surface area contributed by atoms with Crippen LogP contribution < -0.4 is 0 Å². The summed E-state index contributed by atoms with van der Waals surface area (Å²) in [7, 11) is -3.67. The normalized spacial score (nSPS) is 10.3. The number of hydrogen-bond donors (Lipinski definition) is 3. The summed E-state index contributed by atoms with van der Waals surface area (Å²) in [5.74, 6) is -0.285. The molecule has 0 bridgehead atoms. The zero-order valence-corrected chi connectivity index (χ0v) is 9.11. The Morgan fingerprint density at radius 2 is 1.53 bits per heavy atom. The topological polar surface area (TPSA) is 94.8 Å². The van der Waals surface area contributed by atoms with Gasteiger partial charge in [0.25, 0.3) is 10.1 Å². The lowest BCUT2D eigenvalue weighted by atomic mass is 10.3. The average Bonchev–Trinajstić information content (AvgIpc) is 2.09. The first kappa shape index (κ1) is 13.7. The molecule has 0 saturated carbocycles. The second-order valence-corrected chi connectivity index (χ2v) is 4.35. The summed E-state index contributed by atoms with van der Waals surface area (Å²) < 4.78 is 27.6. The second kappa shape index (κ2) is 6.26. The lowest BCUT2D eigenvalue weighted by Crippen LogP contribution is -2.01.